The number of nitrogens with zero attached hydrogens (tertiary/aromatic N) is 1. The molecule has 0 saturated carbocycles. The van der Waals surface area contributed by atoms with Gasteiger partial charge in [0.1, 0.15) is 0 Å². The summed E-state index contributed by atoms with van der Waals surface area (Å²) in [6, 6.07) is 23.0. The first kappa shape index (κ1) is 18.8. The van der Waals surface area contributed by atoms with Gasteiger partial charge in [0, 0.05) is 5.02 Å². The van der Waals surface area contributed by atoms with Gasteiger partial charge in [0.15, 0.2) is 0 Å². The fourth-order valence-electron chi connectivity index (χ4n) is 5.54. The molecular formula is C24H14Br2ClNO2. The van der Waals surface area contributed by atoms with Gasteiger partial charge in [-0.1, -0.05) is 98.1 Å². The lowest BCUT2D eigenvalue weighted by molar-refractivity contribution is -0.122. The summed E-state index contributed by atoms with van der Waals surface area (Å²) in [7, 11) is 0. The van der Waals surface area contributed by atoms with Crippen molar-refractivity contribution in [1.82, 2.24) is 0 Å². The molecule has 1 fully saturated rings. The topological polar surface area (TPSA) is 37.4 Å². The maximum atomic E-state index is 13.8. The molecule has 1 aliphatic heterocycles. The van der Waals surface area contributed by atoms with Gasteiger partial charge in [-0.05, 0) is 40.5 Å². The number of imide groups is 1. The molecule has 6 heteroatoms. The number of amides is 2. The van der Waals surface area contributed by atoms with E-state index < -0.39 is 20.5 Å². The molecule has 1 heterocycles. The van der Waals surface area contributed by atoms with E-state index in [-0.39, 0.29) is 11.8 Å². The normalized spacial score (nSPS) is 30.8. The molecule has 3 nitrogen and oxygen atoms in total. The molecule has 2 amide bonds. The molecule has 7 rings (SSSR count). The van der Waals surface area contributed by atoms with E-state index in [1.807, 2.05) is 48.5 Å². The molecule has 3 aliphatic carbocycles. The lowest BCUT2D eigenvalue weighted by Gasteiger charge is -2.55. The third kappa shape index (κ3) is 2.02. The first-order valence-corrected chi connectivity index (χ1v) is 11.6. The van der Waals surface area contributed by atoms with Gasteiger partial charge in [-0.25, -0.2) is 4.90 Å². The molecule has 0 aromatic heterocycles. The van der Waals surface area contributed by atoms with Crippen LogP contribution < -0.4 is 4.90 Å². The Morgan fingerprint density at radius 3 is 1.53 bits per heavy atom. The first-order chi connectivity index (χ1) is 14.4. The quantitative estimate of drug-likeness (QED) is 0.290. The minimum Gasteiger partial charge on any atom is -0.274 e. The second-order valence-corrected chi connectivity index (χ2v) is 10.9. The maximum Gasteiger partial charge on any atom is 0.239 e. The molecule has 2 unspecified atom stereocenters. The summed E-state index contributed by atoms with van der Waals surface area (Å²) >= 11 is 14.2. The number of hydrogen-bond acceptors (Lipinski definition) is 2. The summed E-state index contributed by atoms with van der Waals surface area (Å²) in [5.74, 6) is -1.57. The van der Waals surface area contributed by atoms with Crippen molar-refractivity contribution < 1.29 is 9.59 Å². The number of alkyl halides is 2. The molecule has 30 heavy (non-hydrogen) atoms. The fourth-order valence-corrected chi connectivity index (χ4v) is 8.02. The Morgan fingerprint density at radius 1 is 0.700 bits per heavy atom. The van der Waals surface area contributed by atoms with E-state index in [1.165, 1.54) is 4.90 Å². The van der Waals surface area contributed by atoms with Gasteiger partial charge in [0.05, 0.1) is 26.2 Å². The molecule has 3 aromatic rings. The molecule has 0 N–H and O–H groups in total. The Hall–Kier alpha value is -1.95. The Kier molecular flexibility index (Phi) is 3.79. The van der Waals surface area contributed by atoms with Crippen LogP contribution in [0.4, 0.5) is 5.69 Å². The van der Waals surface area contributed by atoms with Gasteiger partial charge < -0.3 is 0 Å². The van der Waals surface area contributed by atoms with Crippen LogP contribution in [0.15, 0.2) is 72.8 Å². The van der Waals surface area contributed by atoms with Crippen LogP contribution in [0.3, 0.4) is 0 Å². The third-order valence-corrected chi connectivity index (χ3v) is 9.58. The summed E-state index contributed by atoms with van der Waals surface area (Å²) < 4.78 is -1.55. The van der Waals surface area contributed by atoms with Crippen molar-refractivity contribution in [2.45, 2.75) is 8.65 Å². The highest BCUT2D eigenvalue weighted by Crippen LogP contribution is 2.70. The third-order valence-electron chi connectivity index (χ3n) is 6.65. The van der Waals surface area contributed by atoms with Crippen LogP contribution in [0.25, 0.3) is 0 Å². The molecule has 3 aromatic carbocycles. The van der Waals surface area contributed by atoms with Gasteiger partial charge in [0.25, 0.3) is 0 Å². The molecule has 0 spiro atoms. The largest absolute Gasteiger partial charge is 0.274 e. The smallest absolute Gasteiger partial charge is 0.239 e. The molecule has 0 radical (unpaired) electrons. The number of carbonyl (C=O) groups is 2. The van der Waals surface area contributed by atoms with Crippen molar-refractivity contribution in [2.24, 2.45) is 11.8 Å². The highest BCUT2D eigenvalue weighted by molar-refractivity contribution is 9.10. The van der Waals surface area contributed by atoms with E-state index in [2.05, 4.69) is 31.9 Å². The molecular weight excluding hydrogens is 530 g/mol. The Bertz CT molecular complexity index is 1150. The lowest BCUT2D eigenvalue weighted by Crippen LogP contribution is -2.56. The Balaban J connectivity index is 1.67. The molecule has 4 aliphatic rings. The zero-order chi connectivity index (χ0) is 20.8. The van der Waals surface area contributed by atoms with E-state index in [0.29, 0.717) is 10.7 Å². The van der Waals surface area contributed by atoms with E-state index in [4.69, 9.17) is 11.6 Å². The highest BCUT2D eigenvalue weighted by Gasteiger charge is 2.72. The number of hydrogen-bond donors (Lipinski definition) is 0. The predicted octanol–water partition coefficient (Wildman–Crippen LogP) is 5.75. The first-order valence-electron chi connectivity index (χ1n) is 9.61. The van der Waals surface area contributed by atoms with E-state index in [1.54, 1.807) is 24.3 Å². The van der Waals surface area contributed by atoms with Gasteiger partial charge in [-0.2, -0.15) is 0 Å². The Morgan fingerprint density at radius 2 is 1.13 bits per heavy atom. The second kappa shape index (κ2) is 6.06. The minimum absolute atomic E-state index is 0.211. The van der Waals surface area contributed by atoms with Gasteiger partial charge in [-0.15, -0.1) is 0 Å². The molecule has 148 valence electrons. The van der Waals surface area contributed by atoms with Crippen molar-refractivity contribution >= 4 is 61.0 Å². The standard InChI is InChI=1S/C24H14Br2ClNO2/c25-23-15-8-1-2-9-16(15)24(26,18-11-4-3-10-17(18)23)20-19(23)21(29)28(22(20)30)14-7-5-6-13(27)12-14/h1-12,19-20H. The summed E-state index contributed by atoms with van der Waals surface area (Å²) in [6.07, 6.45) is 0. The average Bonchev–Trinajstić information content (AvgIpc) is 3.03. The van der Waals surface area contributed by atoms with Crippen molar-refractivity contribution in [2.75, 3.05) is 4.90 Å². The molecule has 1 saturated heterocycles. The summed E-state index contributed by atoms with van der Waals surface area (Å²) in [6.45, 7) is 0. The Labute approximate surface area is 195 Å². The predicted molar refractivity (Wildman–Crippen MR) is 123 cm³/mol. The zero-order valence-electron chi connectivity index (χ0n) is 15.5. The van der Waals surface area contributed by atoms with E-state index in [9.17, 15) is 9.59 Å². The average molecular weight is 544 g/mol. The number of benzene rings is 3. The monoisotopic (exact) mass is 541 g/mol. The van der Waals surface area contributed by atoms with Crippen LogP contribution in [0, 0.1) is 11.8 Å². The van der Waals surface area contributed by atoms with Crippen LogP contribution in [0.5, 0.6) is 0 Å². The van der Waals surface area contributed by atoms with Crippen LogP contribution in [0.2, 0.25) is 5.02 Å². The van der Waals surface area contributed by atoms with Gasteiger partial charge in [-0.3, -0.25) is 9.59 Å². The molecule has 2 atom stereocenters. The van der Waals surface area contributed by atoms with Crippen LogP contribution in [-0.4, -0.2) is 11.8 Å². The number of halogens is 3. The van der Waals surface area contributed by atoms with E-state index >= 15 is 0 Å². The highest BCUT2D eigenvalue weighted by atomic mass is 79.9. The molecule has 2 bridgehead atoms. The zero-order valence-corrected chi connectivity index (χ0v) is 19.4. The minimum atomic E-state index is -0.777. The number of anilines is 1. The summed E-state index contributed by atoms with van der Waals surface area (Å²) in [5, 5.41) is 0.486. The summed E-state index contributed by atoms with van der Waals surface area (Å²) in [4.78, 5) is 29.0. The van der Waals surface area contributed by atoms with Crippen molar-refractivity contribution in [3.8, 4) is 0 Å². The number of carbonyl (C=O) groups excluding carboxylic acids is 2. The SMILES string of the molecule is O=C1C2C(C(=O)N1c1cccc(Cl)c1)C1(Br)c3ccccc3C2(Br)c2ccccc21. The van der Waals surface area contributed by atoms with Crippen molar-refractivity contribution in [1.29, 1.82) is 0 Å². The fraction of sp³-hybridized carbons (Fsp3) is 0.167. The number of rotatable bonds is 1. The van der Waals surface area contributed by atoms with Crippen LogP contribution >= 0.6 is 43.5 Å². The second-order valence-electron chi connectivity index (χ2n) is 7.96. The maximum absolute atomic E-state index is 13.8. The van der Waals surface area contributed by atoms with Crippen LogP contribution in [0.1, 0.15) is 22.3 Å². The van der Waals surface area contributed by atoms with Crippen molar-refractivity contribution in [3.05, 3.63) is 100 Å². The van der Waals surface area contributed by atoms with Gasteiger partial charge >= 0.3 is 0 Å². The van der Waals surface area contributed by atoms with Gasteiger partial charge in [0.2, 0.25) is 11.8 Å². The lowest BCUT2D eigenvalue weighted by atomic mass is 9.54. The summed E-state index contributed by atoms with van der Waals surface area (Å²) in [5.41, 5.74) is 4.60. The van der Waals surface area contributed by atoms with Crippen molar-refractivity contribution in [3.63, 3.8) is 0 Å². The van der Waals surface area contributed by atoms with E-state index in [0.717, 1.165) is 22.3 Å². The van der Waals surface area contributed by atoms with Crippen LogP contribution in [-0.2, 0) is 18.2 Å².